The van der Waals surface area contributed by atoms with Gasteiger partial charge in [-0.1, -0.05) is 6.07 Å². The van der Waals surface area contributed by atoms with Gasteiger partial charge in [-0.2, -0.15) is 0 Å². The standard InChI is InChI=1S/C25H26N6O2/c1-25(2)18-14-16(9-10-19(18)29-23(25)33)28-22(32)17-15-27-24(31-12-6-3-7-13-31)30-21(17)20-8-4-5-11-26-20/h4-5,8-11,14-15H,3,6-7,12-13H2,1-2H3,(H,28,32)(H,29,33). The zero-order valence-corrected chi connectivity index (χ0v) is 18.8. The largest absolute Gasteiger partial charge is 0.341 e. The Morgan fingerprint density at radius 2 is 1.91 bits per heavy atom. The fourth-order valence-corrected chi connectivity index (χ4v) is 4.33. The lowest BCUT2D eigenvalue weighted by Gasteiger charge is -2.27. The van der Waals surface area contributed by atoms with E-state index in [1.807, 2.05) is 44.2 Å². The Hall–Kier alpha value is -3.81. The minimum Gasteiger partial charge on any atom is -0.341 e. The van der Waals surface area contributed by atoms with Crippen molar-refractivity contribution in [3.05, 3.63) is 59.9 Å². The molecule has 2 aliphatic heterocycles. The number of hydrogen-bond acceptors (Lipinski definition) is 6. The molecule has 0 spiro atoms. The van der Waals surface area contributed by atoms with Crippen molar-refractivity contribution in [2.45, 2.75) is 38.5 Å². The first-order valence-electron chi connectivity index (χ1n) is 11.2. The van der Waals surface area contributed by atoms with E-state index in [0.29, 0.717) is 28.6 Å². The number of rotatable bonds is 4. The summed E-state index contributed by atoms with van der Waals surface area (Å²) in [6.07, 6.45) is 6.70. The van der Waals surface area contributed by atoms with Crippen molar-refractivity contribution in [1.82, 2.24) is 15.0 Å². The molecule has 0 aliphatic carbocycles. The maximum absolute atomic E-state index is 13.3. The van der Waals surface area contributed by atoms with Crippen LogP contribution in [0.2, 0.25) is 0 Å². The van der Waals surface area contributed by atoms with Crippen LogP contribution in [0.1, 0.15) is 49.0 Å². The predicted molar refractivity (Wildman–Crippen MR) is 127 cm³/mol. The molecule has 0 radical (unpaired) electrons. The Balaban J connectivity index is 1.48. The average molecular weight is 443 g/mol. The molecule has 0 atom stereocenters. The Morgan fingerprint density at radius 1 is 1.09 bits per heavy atom. The summed E-state index contributed by atoms with van der Waals surface area (Å²) in [7, 11) is 0. The molecule has 0 saturated carbocycles. The monoisotopic (exact) mass is 442 g/mol. The summed E-state index contributed by atoms with van der Waals surface area (Å²) in [6.45, 7) is 5.55. The second-order valence-electron chi connectivity index (χ2n) is 8.99. The summed E-state index contributed by atoms with van der Waals surface area (Å²) in [6, 6.07) is 11.0. The van der Waals surface area contributed by atoms with Crippen molar-refractivity contribution in [2.75, 3.05) is 28.6 Å². The smallest absolute Gasteiger partial charge is 0.259 e. The molecular formula is C25H26N6O2. The van der Waals surface area contributed by atoms with E-state index in [2.05, 4.69) is 25.5 Å². The van der Waals surface area contributed by atoms with Gasteiger partial charge in [-0.25, -0.2) is 9.97 Å². The molecule has 0 bridgehead atoms. The number of hydrogen-bond donors (Lipinski definition) is 2. The predicted octanol–water partition coefficient (Wildman–Crippen LogP) is 4.01. The molecule has 3 aromatic rings. The number of fused-ring (bicyclic) bond motifs is 1. The number of amides is 2. The van der Waals surface area contributed by atoms with E-state index < -0.39 is 5.41 Å². The summed E-state index contributed by atoms with van der Waals surface area (Å²) in [5, 5.41) is 5.83. The Bertz CT molecular complexity index is 1220. The lowest BCUT2D eigenvalue weighted by molar-refractivity contribution is -0.119. The van der Waals surface area contributed by atoms with E-state index in [1.165, 1.54) is 6.42 Å². The number of benzene rings is 1. The van der Waals surface area contributed by atoms with Crippen molar-refractivity contribution in [3.8, 4) is 11.4 Å². The van der Waals surface area contributed by atoms with Crippen LogP contribution in [-0.2, 0) is 10.2 Å². The third kappa shape index (κ3) is 3.92. The molecule has 8 nitrogen and oxygen atoms in total. The molecule has 2 aliphatic rings. The normalized spacial score (nSPS) is 16.8. The molecule has 0 unspecified atom stereocenters. The number of aromatic nitrogens is 3. The highest BCUT2D eigenvalue weighted by atomic mass is 16.2. The van der Waals surface area contributed by atoms with Crippen LogP contribution in [0.4, 0.5) is 17.3 Å². The first-order valence-corrected chi connectivity index (χ1v) is 11.2. The second kappa shape index (κ2) is 8.27. The summed E-state index contributed by atoms with van der Waals surface area (Å²) in [4.78, 5) is 41.4. The van der Waals surface area contributed by atoms with Crippen LogP contribution in [0.5, 0.6) is 0 Å². The number of nitrogens with zero attached hydrogens (tertiary/aromatic N) is 4. The van der Waals surface area contributed by atoms with Crippen molar-refractivity contribution < 1.29 is 9.59 Å². The van der Waals surface area contributed by atoms with Crippen molar-refractivity contribution >= 4 is 29.1 Å². The van der Waals surface area contributed by atoms with Crippen molar-refractivity contribution in [2.24, 2.45) is 0 Å². The van der Waals surface area contributed by atoms with Gasteiger partial charge in [0.2, 0.25) is 11.9 Å². The maximum Gasteiger partial charge on any atom is 0.259 e. The Morgan fingerprint density at radius 3 is 2.67 bits per heavy atom. The van der Waals surface area contributed by atoms with E-state index in [4.69, 9.17) is 4.98 Å². The third-order valence-electron chi connectivity index (χ3n) is 6.33. The number of anilines is 3. The quantitative estimate of drug-likeness (QED) is 0.633. The van der Waals surface area contributed by atoms with Gasteiger partial charge in [-0.05, 0) is 69.0 Å². The highest BCUT2D eigenvalue weighted by Gasteiger charge is 2.38. The average Bonchev–Trinajstić information content (AvgIpc) is 3.07. The first kappa shape index (κ1) is 21.1. The molecular weight excluding hydrogens is 416 g/mol. The molecule has 2 N–H and O–H groups in total. The third-order valence-corrected chi connectivity index (χ3v) is 6.33. The van der Waals surface area contributed by atoms with Crippen LogP contribution in [0.15, 0.2) is 48.8 Å². The molecule has 5 rings (SSSR count). The topological polar surface area (TPSA) is 100 Å². The highest BCUT2D eigenvalue weighted by Crippen LogP contribution is 2.38. The van der Waals surface area contributed by atoms with Gasteiger partial charge in [-0.15, -0.1) is 0 Å². The number of carbonyl (C=O) groups is 2. The van der Waals surface area contributed by atoms with Gasteiger partial charge in [0, 0.05) is 36.9 Å². The number of nitrogens with one attached hydrogen (secondary N) is 2. The molecule has 33 heavy (non-hydrogen) atoms. The molecule has 1 fully saturated rings. The molecule has 2 aromatic heterocycles. The van der Waals surface area contributed by atoms with E-state index in [1.54, 1.807) is 18.5 Å². The fraction of sp³-hybridized carbons (Fsp3) is 0.320. The number of piperidine rings is 1. The minimum atomic E-state index is -0.658. The zero-order chi connectivity index (χ0) is 23.0. The van der Waals surface area contributed by atoms with E-state index in [9.17, 15) is 9.59 Å². The SMILES string of the molecule is CC1(C)C(=O)Nc2ccc(NC(=O)c3cnc(N4CCCCC4)nc3-c3ccccn3)cc21. The van der Waals surface area contributed by atoms with Crippen LogP contribution in [0, 0.1) is 0 Å². The summed E-state index contributed by atoms with van der Waals surface area (Å²) >= 11 is 0. The fourth-order valence-electron chi connectivity index (χ4n) is 4.33. The summed E-state index contributed by atoms with van der Waals surface area (Å²) < 4.78 is 0. The van der Waals surface area contributed by atoms with E-state index >= 15 is 0 Å². The zero-order valence-electron chi connectivity index (χ0n) is 18.8. The molecule has 1 aromatic carbocycles. The highest BCUT2D eigenvalue weighted by molar-refractivity contribution is 6.09. The maximum atomic E-state index is 13.3. The molecule has 8 heteroatoms. The van der Waals surface area contributed by atoms with Crippen LogP contribution >= 0.6 is 0 Å². The van der Waals surface area contributed by atoms with Crippen LogP contribution in [0.3, 0.4) is 0 Å². The lowest BCUT2D eigenvalue weighted by Crippen LogP contribution is -2.31. The summed E-state index contributed by atoms with van der Waals surface area (Å²) in [5.41, 5.74) is 3.04. The molecule has 1 saturated heterocycles. The Kier molecular flexibility index (Phi) is 5.28. The van der Waals surface area contributed by atoms with Gasteiger partial charge >= 0.3 is 0 Å². The van der Waals surface area contributed by atoms with E-state index in [-0.39, 0.29) is 11.8 Å². The van der Waals surface area contributed by atoms with Gasteiger partial charge in [0.05, 0.1) is 16.7 Å². The lowest BCUT2D eigenvalue weighted by atomic mass is 9.86. The molecule has 168 valence electrons. The van der Waals surface area contributed by atoms with Crippen LogP contribution in [0.25, 0.3) is 11.4 Å². The van der Waals surface area contributed by atoms with Gasteiger partial charge in [0.25, 0.3) is 5.91 Å². The summed E-state index contributed by atoms with van der Waals surface area (Å²) in [5.74, 6) is 0.242. The van der Waals surface area contributed by atoms with Gasteiger partial charge < -0.3 is 15.5 Å². The van der Waals surface area contributed by atoms with Gasteiger partial charge in [0.1, 0.15) is 5.69 Å². The Labute approximate surface area is 192 Å². The second-order valence-corrected chi connectivity index (χ2v) is 8.99. The van der Waals surface area contributed by atoms with E-state index in [0.717, 1.165) is 37.2 Å². The molecule has 4 heterocycles. The minimum absolute atomic E-state index is 0.0554. The molecule has 2 amide bonds. The van der Waals surface area contributed by atoms with Crippen LogP contribution in [-0.4, -0.2) is 39.9 Å². The van der Waals surface area contributed by atoms with Crippen LogP contribution < -0.4 is 15.5 Å². The first-order chi connectivity index (χ1) is 15.9. The van der Waals surface area contributed by atoms with Gasteiger partial charge in [-0.3, -0.25) is 14.6 Å². The van der Waals surface area contributed by atoms with Gasteiger partial charge in [0.15, 0.2) is 0 Å². The number of pyridine rings is 1. The number of carbonyl (C=O) groups excluding carboxylic acids is 2. The van der Waals surface area contributed by atoms with Crippen molar-refractivity contribution in [3.63, 3.8) is 0 Å². The van der Waals surface area contributed by atoms with Crippen molar-refractivity contribution in [1.29, 1.82) is 0 Å².